The number of aryl methyl sites for hydroxylation is 1. The predicted molar refractivity (Wildman–Crippen MR) is 122 cm³/mol. The predicted octanol–water partition coefficient (Wildman–Crippen LogP) is 1.78. The van der Waals surface area contributed by atoms with Crippen molar-refractivity contribution in [1.29, 1.82) is 0 Å². The molecule has 0 amide bonds. The van der Waals surface area contributed by atoms with Crippen molar-refractivity contribution in [1.82, 2.24) is 9.55 Å². The number of benzene rings is 2. The van der Waals surface area contributed by atoms with Crippen LogP contribution in [-0.4, -0.2) is 45.7 Å². The normalized spacial score (nSPS) is 22.5. The summed E-state index contributed by atoms with van der Waals surface area (Å²) in [6.45, 7) is 2.20. The lowest BCUT2D eigenvalue weighted by atomic mass is 10.1. The van der Waals surface area contributed by atoms with Gasteiger partial charge < -0.3 is 19.3 Å². The number of nitrogens with zero attached hydrogens (tertiary/aromatic N) is 1. The monoisotopic (exact) mass is 452 g/mol. The Balaban J connectivity index is 1.57. The van der Waals surface area contributed by atoms with E-state index in [1.807, 2.05) is 60.7 Å². The Morgan fingerprint density at radius 1 is 0.909 bits per heavy atom. The lowest BCUT2D eigenvalue weighted by molar-refractivity contribution is -0.0839. The van der Waals surface area contributed by atoms with Crippen molar-refractivity contribution in [3.05, 3.63) is 104 Å². The molecule has 1 aliphatic rings. The summed E-state index contributed by atoms with van der Waals surface area (Å²) in [5.41, 5.74) is 1.46. The van der Waals surface area contributed by atoms with Gasteiger partial charge in [-0.05, 0) is 18.1 Å². The first kappa shape index (κ1) is 23.1. The number of nitrogens with one attached hydrogen (secondary N) is 1. The average Bonchev–Trinajstić information content (AvgIpc) is 3.17. The molecule has 1 fully saturated rings. The molecule has 0 spiro atoms. The van der Waals surface area contributed by atoms with Crippen LogP contribution < -0.4 is 11.2 Å². The number of rotatable bonds is 9. The number of aliphatic hydroxyl groups is 1. The molecule has 1 aliphatic heterocycles. The highest BCUT2D eigenvalue weighted by molar-refractivity contribution is 5.15. The molecule has 0 unspecified atom stereocenters. The number of aromatic nitrogens is 2. The van der Waals surface area contributed by atoms with Crippen LogP contribution in [0.2, 0.25) is 0 Å². The van der Waals surface area contributed by atoms with Crippen LogP contribution >= 0.6 is 0 Å². The molecule has 0 radical (unpaired) electrons. The van der Waals surface area contributed by atoms with Gasteiger partial charge in [-0.2, -0.15) is 0 Å². The van der Waals surface area contributed by atoms with Crippen LogP contribution in [0.15, 0.2) is 76.4 Å². The zero-order valence-corrected chi connectivity index (χ0v) is 18.4. The van der Waals surface area contributed by atoms with Crippen molar-refractivity contribution >= 4 is 0 Å². The third-order valence-corrected chi connectivity index (χ3v) is 5.72. The minimum absolute atomic E-state index is 0.150. The Morgan fingerprint density at radius 2 is 1.45 bits per heavy atom. The molecule has 4 atom stereocenters. The fourth-order valence-electron chi connectivity index (χ4n) is 3.98. The quantitative estimate of drug-likeness (QED) is 0.513. The SMILES string of the molecule is Cc1cn(C[C@H]2O[C@@H](CO)[C@H](OCc3ccccc3)[C@H]2OCc2ccccc2)c(=O)[nH]c1=O. The Labute approximate surface area is 191 Å². The van der Waals surface area contributed by atoms with Gasteiger partial charge in [-0.15, -0.1) is 0 Å². The summed E-state index contributed by atoms with van der Waals surface area (Å²) in [6.07, 6.45) is -0.743. The van der Waals surface area contributed by atoms with E-state index in [0.717, 1.165) is 11.1 Å². The molecule has 174 valence electrons. The molecule has 8 nitrogen and oxygen atoms in total. The third-order valence-electron chi connectivity index (χ3n) is 5.72. The molecule has 8 heteroatoms. The first-order valence-corrected chi connectivity index (χ1v) is 10.9. The van der Waals surface area contributed by atoms with Crippen molar-refractivity contribution < 1.29 is 19.3 Å². The highest BCUT2D eigenvalue weighted by Gasteiger charge is 2.46. The molecule has 4 rings (SSSR count). The Hall–Kier alpha value is -3.04. The highest BCUT2D eigenvalue weighted by Crippen LogP contribution is 2.29. The summed E-state index contributed by atoms with van der Waals surface area (Å²) < 4.78 is 19.9. The fraction of sp³-hybridized carbons (Fsp3) is 0.360. The third kappa shape index (κ3) is 5.66. The van der Waals surface area contributed by atoms with Gasteiger partial charge in [0.15, 0.2) is 0 Å². The number of aliphatic hydroxyl groups excluding tert-OH is 1. The van der Waals surface area contributed by atoms with Crippen molar-refractivity contribution in [3.8, 4) is 0 Å². The van der Waals surface area contributed by atoms with E-state index in [4.69, 9.17) is 14.2 Å². The standard InChI is InChI=1S/C25H28N2O6/c1-17-12-27(25(30)26-24(17)29)13-20-22(31-15-18-8-4-2-5-9-18)23(21(14-28)33-20)32-16-19-10-6-3-7-11-19/h2-12,20-23,28H,13-16H2,1H3,(H,26,29,30)/t20-,21+,22+,23+/m1/s1. The minimum Gasteiger partial charge on any atom is -0.394 e. The van der Waals surface area contributed by atoms with Gasteiger partial charge >= 0.3 is 5.69 Å². The van der Waals surface area contributed by atoms with Gasteiger partial charge in [0.25, 0.3) is 5.56 Å². The molecule has 33 heavy (non-hydrogen) atoms. The van der Waals surface area contributed by atoms with Crippen LogP contribution in [-0.2, 0) is 34.0 Å². The largest absolute Gasteiger partial charge is 0.394 e. The molecule has 3 aromatic rings. The maximum Gasteiger partial charge on any atom is 0.328 e. The molecule has 2 aromatic carbocycles. The Morgan fingerprint density at radius 3 is 2.00 bits per heavy atom. The molecular formula is C25H28N2O6. The molecule has 1 saturated heterocycles. The van der Waals surface area contributed by atoms with Gasteiger partial charge in [0.2, 0.25) is 0 Å². The van der Waals surface area contributed by atoms with Gasteiger partial charge in [-0.25, -0.2) is 4.79 Å². The van der Waals surface area contributed by atoms with E-state index in [2.05, 4.69) is 4.98 Å². The van der Waals surface area contributed by atoms with E-state index in [1.165, 1.54) is 10.8 Å². The molecule has 2 N–H and O–H groups in total. The molecule has 0 aliphatic carbocycles. The molecule has 0 saturated carbocycles. The van der Waals surface area contributed by atoms with Crippen LogP contribution in [0.4, 0.5) is 0 Å². The summed E-state index contributed by atoms with van der Waals surface area (Å²) in [5.74, 6) is 0. The van der Waals surface area contributed by atoms with E-state index in [9.17, 15) is 14.7 Å². The second-order valence-corrected chi connectivity index (χ2v) is 8.14. The van der Waals surface area contributed by atoms with Crippen LogP contribution in [0.5, 0.6) is 0 Å². The Kier molecular flexibility index (Phi) is 7.51. The van der Waals surface area contributed by atoms with E-state index in [-0.39, 0.29) is 13.2 Å². The Bertz CT molecular complexity index is 1140. The minimum atomic E-state index is -0.612. The van der Waals surface area contributed by atoms with Crippen molar-refractivity contribution in [3.63, 3.8) is 0 Å². The first-order valence-electron chi connectivity index (χ1n) is 10.9. The molecule has 1 aromatic heterocycles. The molecular weight excluding hydrogens is 424 g/mol. The van der Waals surface area contributed by atoms with Crippen LogP contribution in [0.3, 0.4) is 0 Å². The summed E-state index contributed by atoms with van der Waals surface area (Å²) in [4.78, 5) is 26.4. The summed E-state index contributed by atoms with van der Waals surface area (Å²) in [7, 11) is 0. The van der Waals surface area contributed by atoms with Crippen molar-refractivity contribution in [2.75, 3.05) is 6.61 Å². The highest BCUT2D eigenvalue weighted by atomic mass is 16.6. The van der Waals surface area contributed by atoms with Gasteiger partial charge in [0, 0.05) is 11.8 Å². The lowest BCUT2D eigenvalue weighted by Crippen LogP contribution is -2.41. The molecule has 2 heterocycles. The van der Waals surface area contributed by atoms with Crippen molar-refractivity contribution in [2.24, 2.45) is 0 Å². The lowest BCUT2D eigenvalue weighted by Gasteiger charge is -2.25. The van der Waals surface area contributed by atoms with Crippen LogP contribution in [0, 0.1) is 6.92 Å². The summed E-state index contributed by atoms with van der Waals surface area (Å²) >= 11 is 0. The smallest absolute Gasteiger partial charge is 0.328 e. The van der Waals surface area contributed by atoms with Crippen LogP contribution in [0.1, 0.15) is 16.7 Å². The number of aromatic amines is 1. The van der Waals surface area contributed by atoms with E-state index < -0.39 is 35.7 Å². The second-order valence-electron chi connectivity index (χ2n) is 8.14. The maximum absolute atomic E-state index is 12.3. The van der Waals surface area contributed by atoms with Gasteiger partial charge in [0.1, 0.15) is 24.4 Å². The number of hydrogen-bond acceptors (Lipinski definition) is 6. The van der Waals surface area contributed by atoms with E-state index >= 15 is 0 Å². The summed E-state index contributed by atoms with van der Waals surface area (Å²) in [5, 5.41) is 9.98. The zero-order chi connectivity index (χ0) is 23.2. The molecule has 0 bridgehead atoms. The van der Waals surface area contributed by atoms with Gasteiger partial charge in [0.05, 0.1) is 26.4 Å². The number of hydrogen-bond donors (Lipinski definition) is 2. The van der Waals surface area contributed by atoms with E-state index in [0.29, 0.717) is 18.8 Å². The topological polar surface area (TPSA) is 103 Å². The van der Waals surface area contributed by atoms with Gasteiger partial charge in [-0.1, -0.05) is 60.7 Å². The fourth-order valence-corrected chi connectivity index (χ4v) is 3.98. The van der Waals surface area contributed by atoms with E-state index in [1.54, 1.807) is 6.92 Å². The average molecular weight is 453 g/mol. The van der Waals surface area contributed by atoms with Crippen molar-refractivity contribution in [2.45, 2.75) is 51.1 Å². The summed E-state index contributed by atoms with van der Waals surface area (Å²) in [6, 6.07) is 19.5. The maximum atomic E-state index is 12.3. The first-order chi connectivity index (χ1) is 16.0. The second kappa shape index (κ2) is 10.7. The number of ether oxygens (including phenoxy) is 3. The number of H-pyrrole nitrogens is 1. The zero-order valence-electron chi connectivity index (χ0n) is 18.4. The van der Waals surface area contributed by atoms with Crippen LogP contribution in [0.25, 0.3) is 0 Å². The van der Waals surface area contributed by atoms with Gasteiger partial charge in [-0.3, -0.25) is 14.3 Å².